The molecule has 2 amide bonds. The topological polar surface area (TPSA) is 55.1 Å². The van der Waals surface area contributed by atoms with Gasteiger partial charge in [-0.2, -0.15) is 5.10 Å². The quantitative estimate of drug-likeness (QED) is 0.289. The molecule has 0 spiro atoms. The van der Waals surface area contributed by atoms with E-state index in [2.05, 4.69) is 60.3 Å². The third kappa shape index (κ3) is 4.61. The van der Waals surface area contributed by atoms with E-state index in [1.165, 1.54) is 12.1 Å². The van der Waals surface area contributed by atoms with Crippen LogP contribution in [0, 0.1) is 12.7 Å². The zero-order valence-corrected chi connectivity index (χ0v) is 22.0. The molecule has 0 bridgehead atoms. The van der Waals surface area contributed by atoms with E-state index < -0.39 is 0 Å². The predicted octanol–water partition coefficient (Wildman–Crippen LogP) is 6.49. The number of hydrogen-bond acceptors (Lipinski definition) is 2. The van der Waals surface area contributed by atoms with Crippen LogP contribution in [0.4, 0.5) is 9.18 Å². The summed E-state index contributed by atoms with van der Waals surface area (Å²) in [5.41, 5.74) is 6.94. The van der Waals surface area contributed by atoms with Crippen molar-refractivity contribution in [2.75, 3.05) is 0 Å². The summed E-state index contributed by atoms with van der Waals surface area (Å²) in [6.07, 6.45) is 2.79. The summed E-state index contributed by atoms with van der Waals surface area (Å²) in [5.74, 6) is 0.650. The SMILES string of the molecule is CCc1nn(-c2ccccc2)c2c1CN(C(=O)NCc1ccc(F)cc1)C(c1ccc(C)cc1)c1cccn1-2. The first-order valence-corrected chi connectivity index (χ1v) is 13.2. The van der Waals surface area contributed by atoms with Gasteiger partial charge in [0.2, 0.25) is 0 Å². The van der Waals surface area contributed by atoms with E-state index in [1.807, 2.05) is 46.0 Å². The number of nitrogens with one attached hydrogen (secondary N) is 1. The van der Waals surface area contributed by atoms with Crippen molar-refractivity contribution < 1.29 is 9.18 Å². The van der Waals surface area contributed by atoms with Gasteiger partial charge in [-0.05, 0) is 60.9 Å². The molecule has 5 aromatic rings. The van der Waals surface area contributed by atoms with Crippen molar-refractivity contribution in [3.8, 4) is 11.5 Å². The van der Waals surface area contributed by atoms with Crippen LogP contribution in [0.5, 0.6) is 0 Å². The Hall–Kier alpha value is -4.65. The molecule has 0 aliphatic carbocycles. The minimum absolute atomic E-state index is 0.194. The van der Waals surface area contributed by atoms with Crippen LogP contribution >= 0.6 is 0 Å². The molecular formula is C32H30FN5O. The smallest absolute Gasteiger partial charge is 0.318 e. The van der Waals surface area contributed by atoms with E-state index in [1.54, 1.807) is 12.1 Å². The minimum atomic E-state index is -0.324. The van der Waals surface area contributed by atoms with Gasteiger partial charge < -0.3 is 14.8 Å². The van der Waals surface area contributed by atoms with E-state index in [-0.39, 0.29) is 17.9 Å². The highest BCUT2D eigenvalue weighted by molar-refractivity contribution is 5.76. The maximum Gasteiger partial charge on any atom is 0.318 e. The second-order valence-corrected chi connectivity index (χ2v) is 9.88. The number of halogens is 1. The summed E-state index contributed by atoms with van der Waals surface area (Å²) < 4.78 is 17.6. The number of carbonyl (C=O) groups is 1. The van der Waals surface area contributed by atoms with Crippen LogP contribution in [0.2, 0.25) is 0 Å². The average molecular weight is 520 g/mol. The van der Waals surface area contributed by atoms with Crippen LogP contribution in [-0.4, -0.2) is 25.3 Å². The summed E-state index contributed by atoms with van der Waals surface area (Å²) in [6, 6.07) is 28.2. The number of benzene rings is 3. The van der Waals surface area contributed by atoms with Crippen molar-refractivity contribution in [3.63, 3.8) is 0 Å². The van der Waals surface area contributed by atoms with E-state index in [0.717, 1.165) is 51.6 Å². The number of carbonyl (C=O) groups excluding carboxylic acids is 1. The lowest BCUT2D eigenvalue weighted by molar-refractivity contribution is 0.180. The van der Waals surface area contributed by atoms with Crippen molar-refractivity contribution in [1.29, 1.82) is 0 Å². The number of fused-ring (bicyclic) bond motifs is 3. The Kier molecular flexibility index (Phi) is 6.49. The summed E-state index contributed by atoms with van der Waals surface area (Å²) in [7, 11) is 0. The standard InChI is InChI=1S/C32H30FN5O/c1-3-28-27-21-37(32(39)34-20-23-13-17-25(33)18-14-23)30(24-15-11-22(2)12-16-24)29-10-7-19-36(29)31(27)38(35-28)26-8-5-4-6-9-26/h4-19,30H,3,20-21H2,1-2H3,(H,34,39). The van der Waals surface area contributed by atoms with Gasteiger partial charge in [0.25, 0.3) is 0 Å². The molecule has 1 atom stereocenters. The van der Waals surface area contributed by atoms with Crippen LogP contribution in [-0.2, 0) is 19.5 Å². The third-order valence-corrected chi connectivity index (χ3v) is 7.31. The molecule has 0 radical (unpaired) electrons. The Morgan fingerprint density at radius 2 is 1.72 bits per heavy atom. The molecule has 1 aliphatic rings. The van der Waals surface area contributed by atoms with Gasteiger partial charge in [-0.15, -0.1) is 0 Å². The molecule has 0 fully saturated rings. The van der Waals surface area contributed by atoms with Crippen molar-refractivity contribution in [1.82, 2.24) is 24.6 Å². The number of aromatic nitrogens is 3. The van der Waals surface area contributed by atoms with Crippen LogP contribution in [0.15, 0.2) is 97.2 Å². The number of hydrogen-bond donors (Lipinski definition) is 1. The highest BCUT2D eigenvalue weighted by Crippen LogP contribution is 2.38. The first-order valence-electron chi connectivity index (χ1n) is 13.2. The second kappa shape index (κ2) is 10.3. The van der Waals surface area contributed by atoms with Crippen molar-refractivity contribution in [2.45, 2.75) is 39.4 Å². The van der Waals surface area contributed by atoms with Gasteiger partial charge >= 0.3 is 6.03 Å². The first kappa shape index (κ1) is 24.7. The maximum atomic E-state index is 14.0. The van der Waals surface area contributed by atoms with Crippen molar-refractivity contribution >= 4 is 6.03 Å². The molecule has 3 aromatic carbocycles. The molecular weight excluding hydrogens is 489 g/mol. The fourth-order valence-corrected chi connectivity index (χ4v) is 5.33. The molecule has 1 aliphatic heterocycles. The lowest BCUT2D eigenvalue weighted by Gasteiger charge is -2.31. The molecule has 6 rings (SSSR count). The first-order chi connectivity index (χ1) is 19.0. The van der Waals surface area contributed by atoms with Gasteiger partial charge in [0.05, 0.1) is 29.7 Å². The molecule has 0 saturated heterocycles. The van der Waals surface area contributed by atoms with E-state index in [0.29, 0.717) is 13.1 Å². The number of aryl methyl sites for hydroxylation is 2. The maximum absolute atomic E-state index is 14.0. The van der Waals surface area contributed by atoms with E-state index in [4.69, 9.17) is 5.10 Å². The summed E-state index contributed by atoms with van der Waals surface area (Å²) >= 11 is 0. The molecule has 7 heteroatoms. The van der Waals surface area contributed by atoms with Gasteiger partial charge in [-0.25, -0.2) is 13.9 Å². The lowest BCUT2D eigenvalue weighted by atomic mass is 10.0. The minimum Gasteiger partial charge on any atom is -0.334 e. The predicted molar refractivity (Wildman–Crippen MR) is 149 cm³/mol. The fraction of sp³-hybridized carbons (Fsp3) is 0.188. The third-order valence-electron chi connectivity index (χ3n) is 7.31. The summed E-state index contributed by atoms with van der Waals surface area (Å²) in [5, 5.41) is 8.09. The van der Waals surface area contributed by atoms with Crippen LogP contribution in [0.25, 0.3) is 11.5 Å². The zero-order valence-electron chi connectivity index (χ0n) is 22.0. The number of nitrogens with zero attached hydrogens (tertiary/aromatic N) is 4. The normalized spacial score (nSPS) is 14.4. The molecule has 0 saturated carbocycles. The number of para-hydroxylation sites is 1. The molecule has 1 N–H and O–H groups in total. The lowest BCUT2D eigenvalue weighted by Crippen LogP contribution is -2.41. The summed E-state index contributed by atoms with van der Waals surface area (Å²) in [4.78, 5) is 15.9. The molecule has 1 unspecified atom stereocenters. The van der Waals surface area contributed by atoms with Crippen LogP contribution in [0.1, 0.15) is 46.6 Å². The van der Waals surface area contributed by atoms with Crippen molar-refractivity contribution in [3.05, 3.63) is 137 Å². The number of amides is 2. The Labute approximate surface area is 227 Å². The van der Waals surface area contributed by atoms with Gasteiger partial charge in [0.15, 0.2) is 0 Å². The Bertz CT molecular complexity index is 1600. The van der Waals surface area contributed by atoms with E-state index >= 15 is 0 Å². The highest BCUT2D eigenvalue weighted by Gasteiger charge is 2.36. The highest BCUT2D eigenvalue weighted by atomic mass is 19.1. The zero-order chi connectivity index (χ0) is 26.9. The Morgan fingerprint density at radius 1 is 0.974 bits per heavy atom. The van der Waals surface area contributed by atoms with Crippen LogP contribution in [0.3, 0.4) is 0 Å². The Balaban J connectivity index is 1.48. The van der Waals surface area contributed by atoms with Gasteiger partial charge in [-0.1, -0.05) is 67.1 Å². The molecule has 196 valence electrons. The largest absolute Gasteiger partial charge is 0.334 e. The summed E-state index contributed by atoms with van der Waals surface area (Å²) in [6.45, 7) is 4.84. The number of rotatable bonds is 5. The number of urea groups is 1. The molecule has 6 nitrogen and oxygen atoms in total. The molecule has 2 aromatic heterocycles. The average Bonchev–Trinajstić information content (AvgIpc) is 3.55. The van der Waals surface area contributed by atoms with Crippen molar-refractivity contribution in [2.24, 2.45) is 0 Å². The van der Waals surface area contributed by atoms with Gasteiger partial charge in [0.1, 0.15) is 11.6 Å². The Morgan fingerprint density at radius 3 is 2.44 bits per heavy atom. The van der Waals surface area contributed by atoms with Gasteiger partial charge in [0, 0.05) is 18.3 Å². The monoisotopic (exact) mass is 519 g/mol. The fourth-order valence-electron chi connectivity index (χ4n) is 5.33. The second-order valence-electron chi connectivity index (χ2n) is 9.88. The van der Waals surface area contributed by atoms with E-state index in [9.17, 15) is 9.18 Å². The molecule has 3 heterocycles. The van der Waals surface area contributed by atoms with Crippen LogP contribution < -0.4 is 5.32 Å². The molecule has 39 heavy (non-hydrogen) atoms. The van der Waals surface area contributed by atoms with Gasteiger partial charge in [-0.3, -0.25) is 0 Å².